The largest absolute Gasteiger partial charge is 0.493 e. The Bertz CT molecular complexity index is 1330. The van der Waals surface area contributed by atoms with E-state index in [0.29, 0.717) is 53.9 Å². The van der Waals surface area contributed by atoms with Gasteiger partial charge in [0.15, 0.2) is 17.1 Å². The van der Waals surface area contributed by atoms with E-state index in [0.717, 1.165) is 15.4 Å². The van der Waals surface area contributed by atoms with E-state index in [9.17, 15) is 4.79 Å². The van der Waals surface area contributed by atoms with Gasteiger partial charge < -0.3 is 19.5 Å². The molecule has 0 radical (unpaired) electrons. The molecule has 0 aliphatic rings. The zero-order valence-corrected chi connectivity index (χ0v) is 20.4. The highest BCUT2D eigenvalue weighted by molar-refractivity contribution is 7.82. The van der Waals surface area contributed by atoms with Crippen LogP contribution in [0.15, 0.2) is 48.9 Å². The maximum Gasteiger partial charge on any atom is 0.333 e. The number of amides is 2. The van der Waals surface area contributed by atoms with Crippen LogP contribution in [0.5, 0.6) is 11.5 Å². The number of thiol groups is 1. The fourth-order valence-corrected chi connectivity index (χ4v) is 3.51. The summed E-state index contributed by atoms with van der Waals surface area (Å²) in [4.78, 5) is 25.8. The third kappa shape index (κ3) is 5.61. The van der Waals surface area contributed by atoms with Crippen LogP contribution in [0, 0.1) is 0 Å². The molecule has 11 nitrogen and oxygen atoms in total. The van der Waals surface area contributed by atoms with Gasteiger partial charge in [-0.2, -0.15) is 5.10 Å². The molecule has 1 N–H and O–H groups in total. The first-order valence-electron chi connectivity index (χ1n) is 10.7. The van der Waals surface area contributed by atoms with Gasteiger partial charge in [-0.1, -0.05) is 18.9 Å². The molecule has 35 heavy (non-hydrogen) atoms. The predicted molar refractivity (Wildman–Crippen MR) is 134 cm³/mol. The van der Waals surface area contributed by atoms with Gasteiger partial charge in [-0.25, -0.2) is 19.1 Å². The van der Waals surface area contributed by atoms with Crippen molar-refractivity contribution in [1.29, 1.82) is 0 Å². The number of aromatic nitrogens is 5. The number of hydrogen-bond donors (Lipinski definition) is 2. The number of nitrogens with one attached hydrogen (secondary N) is 1. The van der Waals surface area contributed by atoms with E-state index in [1.807, 2.05) is 24.4 Å². The van der Waals surface area contributed by atoms with Gasteiger partial charge in [0.25, 0.3) is 0 Å². The molecular weight excluding hydrogens is 470 g/mol. The summed E-state index contributed by atoms with van der Waals surface area (Å²) in [6, 6.07) is 8.70. The van der Waals surface area contributed by atoms with E-state index in [4.69, 9.17) is 14.2 Å². The summed E-state index contributed by atoms with van der Waals surface area (Å²) in [6.45, 7) is 1.29. The van der Waals surface area contributed by atoms with Gasteiger partial charge in [-0.15, -0.1) is 0 Å². The average Bonchev–Trinajstić information content (AvgIpc) is 3.36. The third-order valence-electron chi connectivity index (χ3n) is 5.11. The first-order chi connectivity index (χ1) is 17.0. The summed E-state index contributed by atoms with van der Waals surface area (Å²) in [5, 5.41) is 7.13. The van der Waals surface area contributed by atoms with Crippen LogP contribution < -0.4 is 19.1 Å². The Morgan fingerprint density at radius 2 is 1.91 bits per heavy atom. The van der Waals surface area contributed by atoms with Gasteiger partial charge in [-0.3, -0.25) is 9.67 Å². The molecule has 0 spiro atoms. The first-order valence-corrected chi connectivity index (χ1v) is 11.1. The maximum absolute atomic E-state index is 12.3. The smallest absolute Gasteiger partial charge is 0.333 e. The molecule has 1 aromatic carbocycles. The SMILES string of the molecule is COCCNC(=O)N(S)c1ccc2ncc(-c3cnn(Cc4ccc(OC)c(OC)c4)c3)nc2n1. The summed E-state index contributed by atoms with van der Waals surface area (Å²) in [7, 11) is 4.77. The van der Waals surface area contributed by atoms with Crippen molar-refractivity contribution in [3.05, 3.63) is 54.5 Å². The minimum absolute atomic E-state index is 0.325. The molecule has 0 aliphatic heterocycles. The Hall–Kier alpha value is -3.90. The molecule has 12 heteroatoms. The molecule has 0 saturated carbocycles. The van der Waals surface area contributed by atoms with Crippen LogP contribution in [-0.4, -0.2) is 65.2 Å². The topological polar surface area (TPSA) is 117 Å². The first kappa shape index (κ1) is 24.2. The van der Waals surface area contributed by atoms with E-state index < -0.39 is 6.03 Å². The van der Waals surface area contributed by atoms with Crippen molar-refractivity contribution in [1.82, 2.24) is 30.0 Å². The zero-order chi connectivity index (χ0) is 24.8. The number of methoxy groups -OCH3 is 3. The number of rotatable bonds is 9. The Balaban J connectivity index is 1.53. The minimum atomic E-state index is -0.419. The minimum Gasteiger partial charge on any atom is -0.493 e. The van der Waals surface area contributed by atoms with Crippen LogP contribution in [0.4, 0.5) is 10.6 Å². The number of nitrogens with zero attached hydrogens (tertiary/aromatic N) is 6. The van der Waals surface area contributed by atoms with Gasteiger partial charge in [0.05, 0.1) is 45.5 Å². The molecule has 0 bridgehead atoms. The second-order valence-corrected chi connectivity index (χ2v) is 7.82. The summed E-state index contributed by atoms with van der Waals surface area (Å²) in [6.07, 6.45) is 5.26. The highest BCUT2D eigenvalue weighted by Crippen LogP contribution is 2.28. The lowest BCUT2D eigenvalue weighted by atomic mass is 10.2. The van der Waals surface area contributed by atoms with Gasteiger partial charge >= 0.3 is 6.03 Å². The number of carbonyl (C=O) groups excluding carboxylic acids is 1. The summed E-state index contributed by atoms with van der Waals surface area (Å²) >= 11 is 4.25. The van der Waals surface area contributed by atoms with Crippen LogP contribution in [0.1, 0.15) is 5.56 Å². The van der Waals surface area contributed by atoms with Crippen molar-refractivity contribution < 1.29 is 19.0 Å². The second kappa shape index (κ2) is 11.0. The van der Waals surface area contributed by atoms with Crippen molar-refractivity contribution in [2.24, 2.45) is 0 Å². The predicted octanol–water partition coefficient (Wildman–Crippen LogP) is 2.96. The van der Waals surface area contributed by atoms with Gasteiger partial charge in [0, 0.05) is 25.4 Å². The number of pyridine rings is 1. The molecule has 0 saturated heterocycles. The fraction of sp³-hybridized carbons (Fsp3) is 0.261. The average molecular weight is 496 g/mol. The molecule has 0 fully saturated rings. The van der Waals surface area contributed by atoms with Crippen LogP contribution in [0.2, 0.25) is 0 Å². The van der Waals surface area contributed by atoms with E-state index in [1.165, 1.54) is 0 Å². The third-order valence-corrected chi connectivity index (χ3v) is 5.49. The summed E-state index contributed by atoms with van der Waals surface area (Å²) in [5.41, 5.74) is 3.38. The van der Waals surface area contributed by atoms with Gasteiger partial charge in [-0.05, 0) is 29.8 Å². The molecule has 182 valence electrons. The monoisotopic (exact) mass is 495 g/mol. The Morgan fingerprint density at radius 3 is 2.69 bits per heavy atom. The zero-order valence-electron chi connectivity index (χ0n) is 19.5. The molecule has 0 aliphatic carbocycles. The lowest BCUT2D eigenvalue weighted by Crippen LogP contribution is -2.36. The second-order valence-electron chi connectivity index (χ2n) is 7.42. The standard InChI is InChI=1S/C23H25N7O4S/c1-32-9-8-24-23(31)30(35)21-7-5-17-22(28-21)27-18(12-25-17)16-11-26-29(14-16)13-15-4-6-19(33-2)20(10-15)34-3/h4-7,10-12,14,35H,8-9,13H2,1-3H3,(H,24,31). The van der Waals surface area contributed by atoms with E-state index in [2.05, 4.69) is 38.2 Å². The molecule has 4 aromatic rings. The summed E-state index contributed by atoms with van der Waals surface area (Å²) < 4.78 is 18.5. The van der Waals surface area contributed by atoms with Gasteiger partial charge in [0.1, 0.15) is 11.3 Å². The molecule has 0 atom stereocenters. The number of urea groups is 1. The molecule has 3 aromatic heterocycles. The molecule has 0 unspecified atom stereocenters. The van der Waals surface area contributed by atoms with Crippen molar-refractivity contribution in [2.45, 2.75) is 6.54 Å². The van der Waals surface area contributed by atoms with Crippen molar-refractivity contribution in [3.63, 3.8) is 0 Å². The lowest BCUT2D eigenvalue weighted by Gasteiger charge is -2.15. The number of anilines is 1. The quantitative estimate of drug-likeness (QED) is 0.269. The maximum atomic E-state index is 12.3. The highest BCUT2D eigenvalue weighted by Gasteiger charge is 2.15. The number of fused-ring (bicyclic) bond motifs is 1. The normalized spacial score (nSPS) is 10.9. The van der Waals surface area contributed by atoms with E-state index in [-0.39, 0.29) is 0 Å². The number of hydrogen-bond acceptors (Lipinski definition) is 9. The molecule has 2 amide bonds. The molecule has 4 rings (SSSR count). The molecular formula is C23H25N7O4S. The number of carbonyl (C=O) groups is 1. The summed E-state index contributed by atoms with van der Waals surface area (Å²) in [5.74, 6) is 1.65. The fourth-order valence-electron chi connectivity index (χ4n) is 3.33. The Kier molecular flexibility index (Phi) is 7.63. The van der Waals surface area contributed by atoms with Crippen LogP contribution >= 0.6 is 12.8 Å². The van der Waals surface area contributed by atoms with Crippen molar-refractivity contribution in [2.75, 3.05) is 38.8 Å². The van der Waals surface area contributed by atoms with Crippen LogP contribution in [0.25, 0.3) is 22.4 Å². The van der Waals surface area contributed by atoms with Crippen LogP contribution in [0.3, 0.4) is 0 Å². The Morgan fingerprint density at radius 1 is 1.09 bits per heavy atom. The van der Waals surface area contributed by atoms with E-state index >= 15 is 0 Å². The van der Waals surface area contributed by atoms with Crippen molar-refractivity contribution in [3.8, 4) is 22.8 Å². The van der Waals surface area contributed by atoms with E-state index in [1.54, 1.807) is 50.5 Å². The lowest BCUT2D eigenvalue weighted by molar-refractivity contribution is 0.197. The van der Waals surface area contributed by atoms with Gasteiger partial charge in [0.2, 0.25) is 0 Å². The van der Waals surface area contributed by atoms with Crippen molar-refractivity contribution >= 4 is 35.8 Å². The Labute approximate surface area is 207 Å². The number of ether oxygens (including phenoxy) is 3. The number of benzene rings is 1. The highest BCUT2D eigenvalue weighted by atomic mass is 32.1. The molecule has 3 heterocycles. The van der Waals surface area contributed by atoms with Crippen LogP contribution in [-0.2, 0) is 11.3 Å².